The van der Waals surface area contributed by atoms with Gasteiger partial charge in [0.15, 0.2) is 0 Å². The first kappa shape index (κ1) is 26.1. The predicted octanol–water partition coefficient (Wildman–Crippen LogP) is 12.1. The molecule has 0 aliphatic rings. The SMILES string of the molecule is Cc1cccc(N(c2ccccc2)c2cc3ccc4cc(N(c5ccccc5)c5cccc(C)c5)cc5ccc(c2)c3c45)c1. The number of nitrogens with zero attached hydrogens (tertiary/aromatic N) is 2. The highest BCUT2D eigenvalue weighted by Crippen LogP contribution is 2.44. The summed E-state index contributed by atoms with van der Waals surface area (Å²) in [5.41, 5.74) is 9.40. The van der Waals surface area contributed by atoms with Crippen LogP contribution in [0.3, 0.4) is 0 Å². The Balaban J connectivity index is 1.32. The molecule has 0 fully saturated rings. The van der Waals surface area contributed by atoms with Crippen LogP contribution in [0.4, 0.5) is 34.1 Å². The van der Waals surface area contributed by atoms with E-state index < -0.39 is 0 Å². The van der Waals surface area contributed by atoms with Crippen molar-refractivity contribution in [3.05, 3.63) is 169 Å². The number of rotatable bonds is 6. The molecule has 0 aliphatic carbocycles. The summed E-state index contributed by atoms with van der Waals surface area (Å²) in [6.07, 6.45) is 0. The molecule has 8 aromatic rings. The monoisotopic (exact) mass is 564 g/mol. The molecule has 0 aliphatic heterocycles. The van der Waals surface area contributed by atoms with Gasteiger partial charge in [-0.15, -0.1) is 0 Å². The Morgan fingerprint density at radius 3 is 0.977 bits per heavy atom. The van der Waals surface area contributed by atoms with Crippen molar-refractivity contribution in [1.29, 1.82) is 0 Å². The second-order valence-corrected chi connectivity index (χ2v) is 11.7. The van der Waals surface area contributed by atoms with E-state index in [4.69, 9.17) is 0 Å². The van der Waals surface area contributed by atoms with Crippen molar-refractivity contribution in [2.24, 2.45) is 0 Å². The predicted molar refractivity (Wildman–Crippen MR) is 189 cm³/mol. The van der Waals surface area contributed by atoms with Crippen LogP contribution in [0.25, 0.3) is 32.3 Å². The minimum atomic E-state index is 1.15. The summed E-state index contributed by atoms with van der Waals surface area (Å²) in [6, 6.07) is 57.3. The van der Waals surface area contributed by atoms with E-state index in [0.717, 1.165) is 34.1 Å². The van der Waals surface area contributed by atoms with Crippen LogP contribution in [0.1, 0.15) is 11.1 Å². The maximum absolute atomic E-state index is 2.36. The third kappa shape index (κ3) is 4.53. The zero-order valence-electron chi connectivity index (χ0n) is 24.9. The van der Waals surface area contributed by atoms with E-state index >= 15 is 0 Å². The van der Waals surface area contributed by atoms with Crippen molar-refractivity contribution in [3.8, 4) is 0 Å². The molecule has 2 nitrogen and oxygen atoms in total. The summed E-state index contributed by atoms with van der Waals surface area (Å²) in [5, 5.41) is 7.61. The fourth-order valence-electron chi connectivity index (χ4n) is 6.65. The van der Waals surface area contributed by atoms with Gasteiger partial charge in [0.25, 0.3) is 0 Å². The van der Waals surface area contributed by atoms with Gasteiger partial charge >= 0.3 is 0 Å². The number of hydrogen-bond donors (Lipinski definition) is 0. The first-order valence-electron chi connectivity index (χ1n) is 15.2. The lowest BCUT2D eigenvalue weighted by molar-refractivity contribution is 1.28. The molecule has 0 saturated heterocycles. The van der Waals surface area contributed by atoms with Crippen molar-refractivity contribution in [1.82, 2.24) is 0 Å². The highest BCUT2D eigenvalue weighted by atomic mass is 15.1. The summed E-state index contributed by atoms with van der Waals surface area (Å²) >= 11 is 0. The zero-order chi connectivity index (χ0) is 29.6. The molecule has 210 valence electrons. The lowest BCUT2D eigenvalue weighted by atomic mass is 9.92. The molecule has 44 heavy (non-hydrogen) atoms. The third-order valence-electron chi connectivity index (χ3n) is 8.57. The second-order valence-electron chi connectivity index (χ2n) is 11.7. The molecule has 0 atom stereocenters. The van der Waals surface area contributed by atoms with Gasteiger partial charge in [-0.2, -0.15) is 0 Å². The average molecular weight is 565 g/mol. The molecular weight excluding hydrogens is 532 g/mol. The standard InChI is InChI=1S/C42H32N2/c1-29-11-9-17-37(23-29)43(35-13-5-3-6-14-35)39-25-31-19-21-33-27-40(28-34-22-20-32(26-39)41(31)42(33)34)44(36-15-7-4-8-16-36)38-18-10-12-30(2)24-38/h3-28H,1-2H3. The molecule has 0 amide bonds. The summed E-state index contributed by atoms with van der Waals surface area (Å²) in [4.78, 5) is 4.72. The summed E-state index contributed by atoms with van der Waals surface area (Å²) in [5.74, 6) is 0. The van der Waals surface area contributed by atoms with E-state index in [9.17, 15) is 0 Å². The van der Waals surface area contributed by atoms with Crippen LogP contribution < -0.4 is 9.80 Å². The topological polar surface area (TPSA) is 6.48 Å². The van der Waals surface area contributed by atoms with Gasteiger partial charge in [0, 0.05) is 34.1 Å². The van der Waals surface area contributed by atoms with Gasteiger partial charge < -0.3 is 9.80 Å². The van der Waals surface area contributed by atoms with Gasteiger partial charge in [0.1, 0.15) is 0 Å². The number of aryl methyl sites for hydroxylation is 2. The molecule has 8 rings (SSSR count). The normalized spacial score (nSPS) is 11.4. The Morgan fingerprint density at radius 1 is 0.295 bits per heavy atom. The molecule has 0 aromatic heterocycles. The molecule has 0 heterocycles. The summed E-state index contributed by atoms with van der Waals surface area (Å²) in [6.45, 7) is 4.30. The number of hydrogen-bond acceptors (Lipinski definition) is 2. The van der Waals surface area contributed by atoms with Gasteiger partial charge in [0.05, 0.1) is 0 Å². The highest BCUT2D eigenvalue weighted by molar-refractivity contribution is 6.24. The smallest absolute Gasteiger partial charge is 0.0473 e. The van der Waals surface area contributed by atoms with Crippen LogP contribution in [-0.2, 0) is 0 Å². The van der Waals surface area contributed by atoms with Gasteiger partial charge in [-0.05, 0) is 130 Å². The maximum atomic E-state index is 2.36. The summed E-state index contributed by atoms with van der Waals surface area (Å²) < 4.78 is 0. The molecule has 8 aromatic carbocycles. The average Bonchev–Trinajstić information content (AvgIpc) is 3.05. The first-order chi connectivity index (χ1) is 21.6. The van der Waals surface area contributed by atoms with Crippen molar-refractivity contribution in [3.63, 3.8) is 0 Å². The van der Waals surface area contributed by atoms with E-state index in [2.05, 4.69) is 181 Å². The van der Waals surface area contributed by atoms with Crippen molar-refractivity contribution in [2.75, 3.05) is 9.80 Å². The molecule has 0 N–H and O–H groups in total. The van der Waals surface area contributed by atoms with E-state index in [-0.39, 0.29) is 0 Å². The lowest BCUT2D eigenvalue weighted by Crippen LogP contribution is -2.10. The van der Waals surface area contributed by atoms with E-state index in [1.54, 1.807) is 0 Å². The molecule has 0 radical (unpaired) electrons. The number of benzene rings is 8. The number of anilines is 6. The van der Waals surface area contributed by atoms with E-state index in [0.29, 0.717) is 0 Å². The molecule has 0 spiro atoms. The molecular formula is C42H32N2. The van der Waals surface area contributed by atoms with E-state index in [1.165, 1.54) is 43.4 Å². The van der Waals surface area contributed by atoms with Crippen molar-refractivity contribution < 1.29 is 0 Å². The van der Waals surface area contributed by atoms with Crippen LogP contribution >= 0.6 is 0 Å². The van der Waals surface area contributed by atoms with Crippen molar-refractivity contribution in [2.45, 2.75) is 13.8 Å². The molecule has 0 unspecified atom stereocenters. The largest absolute Gasteiger partial charge is 0.310 e. The minimum absolute atomic E-state index is 1.15. The molecule has 0 saturated carbocycles. The van der Waals surface area contributed by atoms with Crippen LogP contribution in [0, 0.1) is 13.8 Å². The van der Waals surface area contributed by atoms with Crippen LogP contribution in [0.15, 0.2) is 158 Å². The van der Waals surface area contributed by atoms with Crippen LogP contribution in [-0.4, -0.2) is 0 Å². The fourth-order valence-corrected chi connectivity index (χ4v) is 6.65. The fraction of sp³-hybridized carbons (Fsp3) is 0.0476. The Hall–Kier alpha value is -5.60. The van der Waals surface area contributed by atoms with Gasteiger partial charge in [-0.3, -0.25) is 0 Å². The third-order valence-corrected chi connectivity index (χ3v) is 8.57. The minimum Gasteiger partial charge on any atom is -0.310 e. The molecule has 0 bridgehead atoms. The Kier molecular flexibility index (Phi) is 6.27. The van der Waals surface area contributed by atoms with E-state index in [1.807, 2.05) is 0 Å². The van der Waals surface area contributed by atoms with Gasteiger partial charge in [0.2, 0.25) is 0 Å². The lowest BCUT2D eigenvalue weighted by Gasteiger charge is -2.28. The van der Waals surface area contributed by atoms with Gasteiger partial charge in [-0.25, -0.2) is 0 Å². The van der Waals surface area contributed by atoms with Crippen LogP contribution in [0.2, 0.25) is 0 Å². The zero-order valence-corrected chi connectivity index (χ0v) is 24.9. The molecule has 2 heteroatoms. The van der Waals surface area contributed by atoms with Crippen LogP contribution in [0.5, 0.6) is 0 Å². The Bertz CT molecular complexity index is 2020. The Labute approximate surface area is 258 Å². The Morgan fingerprint density at radius 2 is 0.636 bits per heavy atom. The number of para-hydroxylation sites is 2. The van der Waals surface area contributed by atoms with Crippen molar-refractivity contribution >= 4 is 66.4 Å². The highest BCUT2D eigenvalue weighted by Gasteiger charge is 2.19. The quantitative estimate of drug-likeness (QED) is 0.185. The summed E-state index contributed by atoms with van der Waals surface area (Å²) in [7, 11) is 0. The van der Waals surface area contributed by atoms with Gasteiger partial charge in [-0.1, -0.05) is 84.9 Å². The second kappa shape index (κ2) is 10.6. The maximum Gasteiger partial charge on any atom is 0.0473 e. The first-order valence-corrected chi connectivity index (χ1v) is 15.2.